The van der Waals surface area contributed by atoms with Crippen LogP contribution in [-0.4, -0.2) is 5.91 Å². The fraction of sp³-hybridized carbons (Fsp3) is 0.0714. The summed E-state index contributed by atoms with van der Waals surface area (Å²) in [6.45, 7) is 0.341. The van der Waals surface area contributed by atoms with E-state index in [0.717, 1.165) is 5.56 Å². The molecule has 98 valence electrons. The zero-order chi connectivity index (χ0) is 13.8. The summed E-state index contributed by atoms with van der Waals surface area (Å²) in [5.74, 6) is -0.511. The summed E-state index contributed by atoms with van der Waals surface area (Å²) in [5.41, 5.74) is 1.34. The van der Waals surface area contributed by atoms with E-state index in [1.807, 2.05) is 0 Å². The van der Waals surface area contributed by atoms with Crippen LogP contribution in [0, 0.1) is 5.82 Å². The highest BCUT2D eigenvalue weighted by atomic mass is 79.9. The predicted octanol–water partition coefficient (Wildman–Crippen LogP) is 4.17. The quantitative estimate of drug-likeness (QED) is 0.891. The highest BCUT2D eigenvalue weighted by Crippen LogP contribution is 2.21. The van der Waals surface area contributed by atoms with Gasteiger partial charge in [-0.1, -0.05) is 23.7 Å². The summed E-state index contributed by atoms with van der Waals surface area (Å²) in [6.07, 6.45) is 0. The second-order valence-corrected chi connectivity index (χ2v) is 5.22. The summed E-state index contributed by atoms with van der Waals surface area (Å²) < 4.78 is 13.4. The Labute approximate surface area is 123 Å². The van der Waals surface area contributed by atoms with Crippen molar-refractivity contribution in [1.82, 2.24) is 5.32 Å². The summed E-state index contributed by atoms with van der Waals surface area (Å²) in [4.78, 5) is 12.0. The Kier molecular flexibility index (Phi) is 4.56. The zero-order valence-electron chi connectivity index (χ0n) is 9.79. The largest absolute Gasteiger partial charge is 0.348 e. The van der Waals surface area contributed by atoms with Crippen LogP contribution in [0.1, 0.15) is 15.9 Å². The molecule has 19 heavy (non-hydrogen) atoms. The lowest BCUT2D eigenvalue weighted by Crippen LogP contribution is -2.23. The maximum Gasteiger partial charge on any atom is 0.252 e. The van der Waals surface area contributed by atoms with Gasteiger partial charge < -0.3 is 5.32 Å². The van der Waals surface area contributed by atoms with Gasteiger partial charge in [-0.05, 0) is 51.8 Å². The number of halogens is 3. The molecule has 0 saturated heterocycles. The van der Waals surface area contributed by atoms with Crippen LogP contribution in [0.2, 0.25) is 5.02 Å². The fourth-order valence-corrected chi connectivity index (χ4v) is 2.42. The molecule has 2 aromatic carbocycles. The van der Waals surface area contributed by atoms with Gasteiger partial charge in [-0.2, -0.15) is 0 Å². The molecule has 0 atom stereocenters. The molecule has 2 aromatic rings. The van der Waals surface area contributed by atoms with Crippen molar-refractivity contribution in [3.05, 3.63) is 68.9 Å². The fourth-order valence-electron chi connectivity index (χ4n) is 1.55. The summed E-state index contributed by atoms with van der Waals surface area (Å²) in [5, 5.41) is 3.32. The molecular formula is C14H10BrClFNO. The van der Waals surface area contributed by atoms with Gasteiger partial charge in [0.25, 0.3) is 5.91 Å². The molecule has 2 nitrogen and oxygen atoms in total. The summed E-state index contributed by atoms with van der Waals surface area (Å²) >= 11 is 9.10. The van der Waals surface area contributed by atoms with Crippen molar-refractivity contribution in [2.45, 2.75) is 6.54 Å². The minimum absolute atomic E-state index is 0.215. The molecule has 0 aliphatic rings. The number of benzene rings is 2. The average Bonchev–Trinajstić information content (AvgIpc) is 2.37. The van der Waals surface area contributed by atoms with E-state index >= 15 is 0 Å². The first-order chi connectivity index (χ1) is 9.06. The third-order valence-electron chi connectivity index (χ3n) is 2.54. The van der Waals surface area contributed by atoms with Crippen molar-refractivity contribution in [3.8, 4) is 0 Å². The molecule has 5 heteroatoms. The highest BCUT2D eigenvalue weighted by Gasteiger charge is 2.09. The Balaban J connectivity index is 2.03. The molecule has 0 aromatic heterocycles. The van der Waals surface area contributed by atoms with Gasteiger partial charge in [-0.15, -0.1) is 0 Å². The Morgan fingerprint density at radius 3 is 2.53 bits per heavy atom. The van der Waals surface area contributed by atoms with Gasteiger partial charge in [0.15, 0.2) is 0 Å². The Hall–Kier alpha value is -1.39. The van der Waals surface area contributed by atoms with E-state index < -0.39 is 0 Å². The Morgan fingerprint density at radius 2 is 1.89 bits per heavy atom. The van der Waals surface area contributed by atoms with Crippen LogP contribution in [0.4, 0.5) is 4.39 Å². The van der Waals surface area contributed by atoms with Crippen LogP contribution < -0.4 is 5.32 Å². The minimum Gasteiger partial charge on any atom is -0.348 e. The standard InChI is InChI=1S/C14H10BrClFNO/c15-13-7-10(16)3-6-12(13)14(19)18-8-9-1-4-11(17)5-2-9/h1-7H,8H2,(H,18,19). The molecule has 0 saturated carbocycles. The van der Waals surface area contributed by atoms with E-state index in [1.54, 1.807) is 30.3 Å². The summed E-state index contributed by atoms with van der Waals surface area (Å²) in [7, 11) is 0. The smallest absolute Gasteiger partial charge is 0.252 e. The van der Waals surface area contributed by atoms with E-state index in [9.17, 15) is 9.18 Å². The van der Waals surface area contributed by atoms with Crippen molar-refractivity contribution < 1.29 is 9.18 Å². The molecular weight excluding hydrogens is 333 g/mol. The van der Waals surface area contributed by atoms with Crippen molar-refractivity contribution in [1.29, 1.82) is 0 Å². The van der Waals surface area contributed by atoms with Gasteiger partial charge in [0, 0.05) is 16.0 Å². The van der Waals surface area contributed by atoms with E-state index in [4.69, 9.17) is 11.6 Å². The van der Waals surface area contributed by atoms with Crippen LogP contribution >= 0.6 is 27.5 Å². The monoisotopic (exact) mass is 341 g/mol. The molecule has 0 radical (unpaired) electrons. The molecule has 0 aliphatic heterocycles. The number of hydrogen-bond donors (Lipinski definition) is 1. The second kappa shape index (κ2) is 6.17. The molecule has 0 unspecified atom stereocenters. The number of rotatable bonds is 3. The Morgan fingerprint density at radius 1 is 1.21 bits per heavy atom. The number of nitrogens with one attached hydrogen (secondary N) is 1. The van der Waals surface area contributed by atoms with E-state index in [2.05, 4.69) is 21.2 Å². The lowest BCUT2D eigenvalue weighted by molar-refractivity contribution is 0.0950. The van der Waals surface area contributed by atoms with E-state index in [0.29, 0.717) is 21.6 Å². The van der Waals surface area contributed by atoms with Gasteiger partial charge in [-0.25, -0.2) is 4.39 Å². The number of carbonyl (C=O) groups excluding carboxylic acids is 1. The van der Waals surface area contributed by atoms with Crippen molar-refractivity contribution in [2.75, 3.05) is 0 Å². The van der Waals surface area contributed by atoms with Gasteiger partial charge in [0.2, 0.25) is 0 Å². The van der Waals surface area contributed by atoms with Crippen LogP contribution in [0.3, 0.4) is 0 Å². The van der Waals surface area contributed by atoms with Gasteiger partial charge >= 0.3 is 0 Å². The van der Waals surface area contributed by atoms with Crippen molar-refractivity contribution in [3.63, 3.8) is 0 Å². The third kappa shape index (κ3) is 3.78. The topological polar surface area (TPSA) is 29.1 Å². The number of amides is 1. The first kappa shape index (κ1) is 14.0. The maximum absolute atomic E-state index is 12.7. The van der Waals surface area contributed by atoms with E-state index in [1.165, 1.54) is 12.1 Å². The number of hydrogen-bond acceptors (Lipinski definition) is 1. The van der Waals surface area contributed by atoms with E-state index in [-0.39, 0.29) is 11.7 Å². The zero-order valence-corrected chi connectivity index (χ0v) is 12.1. The highest BCUT2D eigenvalue weighted by molar-refractivity contribution is 9.10. The van der Waals surface area contributed by atoms with Gasteiger partial charge in [0.05, 0.1) is 5.56 Å². The van der Waals surface area contributed by atoms with Gasteiger partial charge in [-0.3, -0.25) is 4.79 Å². The maximum atomic E-state index is 12.7. The van der Waals surface area contributed by atoms with Gasteiger partial charge in [0.1, 0.15) is 5.82 Å². The molecule has 1 amide bonds. The molecule has 0 spiro atoms. The predicted molar refractivity (Wildman–Crippen MR) is 76.7 cm³/mol. The van der Waals surface area contributed by atoms with Crippen molar-refractivity contribution >= 4 is 33.4 Å². The van der Waals surface area contributed by atoms with Crippen LogP contribution in [0.5, 0.6) is 0 Å². The lowest BCUT2D eigenvalue weighted by atomic mass is 10.2. The molecule has 2 rings (SSSR count). The molecule has 0 fully saturated rings. The first-order valence-electron chi connectivity index (χ1n) is 5.54. The van der Waals surface area contributed by atoms with Crippen LogP contribution in [0.25, 0.3) is 0 Å². The first-order valence-corrected chi connectivity index (χ1v) is 6.71. The van der Waals surface area contributed by atoms with Crippen LogP contribution in [-0.2, 0) is 6.54 Å². The molecule has 0 heterocycles. The SMILES string of the molecule is O=C(NCc1ccc(F)cc1)c1ccc(Cl)cc1Br. The van der Waals surface area contributed by atoms with Crippen molar-refractivity contribution in [2.24, 2.45) is 0 Å². The normalized spacial score (nSPS) is 10.3. The third-order valence-corrected chi connectivity index (χ3v) is 3.43. The average molecular weight is 343 g/mol. The van der Waals surface area contributed by atoms with Crippen LogP contribution in [0.15, 0.2) is 46.9 Å². The lowest BCUT2D eigenvalue weighted by Gasteiger charge is -2.07. The molecule has 0 bridgehead atoms. The second-order valence-electron chi connectivity index (χ2n) is 3.93. The summed E-state index contributed by atoms with van der Waals surface area (Å²) in [6, 6.07) is 10.9. The molecule has 0 aliphatic carbocycles. The minimum atomic E-state index is -0.296. The number of carbonyl (C=O) groups is 1. The molecule has 1 N–H and O–H groups in total. The Bertz CT molecular complexity index is 601.